The van der Waals surface area contributed by atoms with Crippen molar-refractivity contribution in [3.05, 3.63) is 27.1 Å². The van der Waals surface area contributed by atoms with Gasteiger partial charge in [0.15, 0.2) is 5.13 Å². The molecule has 3 N–H and O–H groups in total. The number of aromatic nitrogens is 1. The Labute approximate surface area is 112 Å². The number of carbonyl (C=O) groups excluding carboxylic acids is 1. The molecule has 2 aromatic rings. The highest BCUT2D eigenvalue weighted by atomic mass is 32.1. The highest BCUT2D eigenvalue weighted by Crippen LogP contribution is 2.32. The van der Waals surface area contributed by atoms with Crippen LogP contribution in [-0.2, 0) is 0 Å². The maximum absolute atomic E-state index is 11.9. The largest absolute Gasteiger partial charge is 0.375 e. The van der Waals surface area contributed by atoms with E-state index < -0.39 is 0 Å². The molecule has 0 saturated carbocycles. The van der Waals surface area contributed by atoms with E-state index in [4.69, 9.17) is 11.0 Å². The first-order chi connectivity index (χ1) is 8.52. The minimum atomic E-state index is -0.347. The Morgan fingerprint density at radius 1 is 1.56 bits per heavy atom. The van der Waals surface area contributed by atoms with Gasteiger partial charge in [0, 0.05) is 10.3 Å². The maximum Gasteiger partial charge on any atom is 0.275 e. The summed E-state index contributed by atoms with van der Waals surface area (Å²) in [4.78, 5) is 16.8. The Balaban J connectivity index is 2.28. The topological polar surface area (TPSA) is 91.8 Å². The number of nitrogens with one attached hydrogen (secondary N) is 1. The molecular formula is C11H10N4OS2. The van der Waals surface area contributed by atoms with Crippen molar-refractivity contribution >= 4 is 38.7 Å². The van der Waals surface area contributed by atoms with E-state index in [2.05, 4.69) is 16.4 Å². The van der Waals surface area contributed by atoms with Crippen molar-refractivity contribution in [2.24, 2.45) is 0 Å². The normalized spacial score (nSPS) is 10.1. The summed E-state index contributed by atoms with van der Waals surface area (Å²) in [6.07, 6.45) is 0. The third-order valence-corrected chi connectivity index (χ3v) is 4.28. The lowest BCUT2D eigenvalue weighted by Gasteiger charge is -2.00. The molecule has 5 nitrogen and oxygen atoms in total. The Morgan fingerprint density at radius 3 is 2.83 bits per heavy atom. The SMILES string of the molecule is Cc1sc(NC(=O)c2csc(N)n2)c(C#N)c1C. The molecule has 0 aromatic carbocycles. The molecule has 0 fully saturated rings. The zero-order valence-corrected chi connectivity index (χ0v) is 11.4. The fourth-order valence-electron chi connectivity index (χ4n) is 1.41. The van der Waals surface area contributed by atoms with Crippen molar-refractivity contribution in [1.82, 2.24) is 4.98 Å². The summed E-state index contributed by atoms with van der Waals surface area (Å²) in [6, 6.07) is 2.10. The van der Waals surface area contributed by atoms with Gasteiger partial charge in [-0.3, -0.25) is 4.79 Å². The number of amides is 1. The van der Waals surface area contributed by atoms with Crippen molar-refractivity contribution in [2.75, 3.05) is 11.1 Å². The van der Waals surface area contributed by atoms with Crippen LogP contribution in [0.4, 0.5) is 10.1 Å². The number of aryl methyl sites for hydroxylation is 1. The van der Waals surface area contributed by atoms with Crippen LogP contribution >= 0.6 is 22.7 Å². The van der Waals surface area contributed by atoms with Crippen LogP contribution < -0.4 is 11.1 Å². The van der Waals surface area contributed by atoms with E-state index in [0.29, 0.717) is 15.7 Å². The number of nitrogens with zero attached hydrogens (tertiary/aromatic N) is 2. The lowest BCUT2D eigenvalue weighted by molar-refractivity contribution is 0.102. The summed E-state index contributed by atoms with van der Waals surface area (Å²) >= 11 is 2.59. The van der Waals surface area contributed by atoms with Crippen LogP contribution in [0.2, 0.25) is 0 Å². The number of hydrogen-bond donors (Lipinski definition) is 2. The number of nitriles is 1. The van der Waals surface area contributed by atoms with Gasteiger partial charge in [-0.2, -0.15) is 5.26 Å². The van der Waals surface area contributed by atoms with Gasteiger partial charge in [-0.1, -0.05) is 0 Å². The Morgan fingerprint density at radius 2 is 2.28 bits per heavy atom. The highest BCUT2D eigenvalue weighted by molar-refractivity contribution is 7.16. The third-order valence-electron chi connectivity index (χ3n) is 2.48. The molecule has 0 aliphatic rings. The lowest BCUT2D eigenvalue weighted by Crippen LogP contribution is -2.12. The summed E-state index contributed by atoms with van der Waals surface area (Å²) < 4.78 is 0. The van der Waals surface area contributed by atoms with Crippen molar-refractivity contribution in [3.63, 3.8) is 0 Å². The summed E-state index contributed by atoms with van der Waals surface area (Å²) in [6.45, 7) is 3.78. The minimum absolute atomic E-state index is 0.269. The van der Waals surface area contributed by atoms with Gasteiger partial charge in [0.05, 0.1) is 5.56 Å². The van der Waals surface area contributed by atoms with Crippen LogP contribution in [0, 0.1) is 25.2 Å². The molecule has 0 saturated heterocycles. The Kier molecular flexibility index (Phi) is 3.32. The number of hydrogen-bond acceptors (Lipinski definition) is 6. The quantitative estimate of drug-likeness (QED) is 0.883. The second-order valence-electron chi connectivity index (χ2n) is 3.62. The molecule has 2 aromatic heterocycles. The van der Waals surface area contributed by atoms with Gasteiger partial charge >= 0.3 is 0 Å². The van der Waals surface area contributed by atoms with E-state index in [0.717, 1.165) is 10.4 Å². The molecule has 92 valence electrons. The zero-order valence-electron chi connectivity index (χ0n) is 9.77. The van der Waals surface area contributed by atoms with Crippen molar-refractivity contribution in [2.45, 2.75) is 13.8 Å². The fraction of sp³-hybridized carbons (Fsp3) is 0.182. The highest BCUT2D eigenvalue weighted by Gasteiger charge is 2.16. The summed E-state index contributed by atoms with van der Waals surface area (Å²) in [7, 11) is 0. The van der Waals surface area contributed by atoms with Gasteiger partial charge in [0.1, 0.15) is 16.8 Å². The summed E-state index contributed by atoms with van der Waals surface area (Å²) in [5.41, 5.74) is 7.15. The molecule has 0 bridgehead atoms. The first kappa shape index (κ1) is 12.5. The molecule has 2 rings (SSSR count). The van der Waals surface area contributed by atoms with Crippen LogP contribution in [0.3, 0.4) is 0 Å². The molecule has 7 heteroatoms. The standard InChI is InChI=1S/C11H10N4OS2/c1-5-6(2)18-10(7(5)3-12)15-9(16)8-4-17-11(13)14-8/h4H,1-2H3,(H2,13,14)(H,15,16). The predicted molar refractivity (Wildman–Crippen MR) is 73.0 cm³/mol. The van der Waals surface area contributed by atoms with Gasteiger partial charge in [0.25, 0.3) is 5.91 Å². The van der Waals surface area contributed by atoms with Crippen LogP contribution in [0.15, 0.2) is 5.38 Å². The Bertz CT molecular complexity index is 651. The molecule has 0 aliphatic heterocycles. The smallest absolute Gasteiger partial charge is 0.275 e. The monoisotopic (exact) mass is 278 g/mol. The number of anilines is 2. The van der Waals surface area contributed by atoms with E-state index >= 15 is 0 Å². The number of carbonyl (C=O) groups is 1. The van der Waals surface area contributed by atoms with Crippen LogP contribution in [0.5, 0.6) is 0 Å². The second kappa shape index (κ2) is 4.76. The van der Waals surface area contributed by atoms with Gasteiger partial charge in [-0.25, -0.2) is 4.98 Å². The molecule has 0 radical (unpaired) electrons. The molecule has 0 unspecified atom stereocenters. The van der Waals surface area contributed by atoms with Crippen molar-refractivity contribution in [3.8, 4) is 6.07 Å². The fourth-order valence-corrected chi connectivity index (χ4v) is 2.96. The number of rotatable bonds is 2. The van der Waals surface area contributed by atoms with E-state index in [-0.39, 0.29) is 11.6 Å². The first-order valence-electron chi connectivity index (χ1n) is 5.05. The average Bonchev–Trinajstić information content (AvgIpc) is 2.85. The third kappa shape index (κ3) is 2.20. The molecule has 0 atom stereocenters. The number of nitrogens with two attached hydrogens (primary N) is 1. The van der Waals surface area contributed by atoms with E-state index in [1.54, 1.807) is 5.38 Å². The van der Waals surface area contributed by atoms with Gasteiger partial charge in [0.2, 0.25) is 0 Å². The Hall–Kier alpha value is -1.91. The molecule has 0 spiro atoms. The second-order valence-corrected chi connectivity index (χ2v) is 5.74. The molecule has 18 heavy (non-hydrogen) atoms. The number of thiazole rings is 1. The number of thiophene rings is 1. The number of nitrogen functional groups attached to an aromatic ring is 1. The molecule has 1 amide bonds. The molecule has 0 aliphatic carbocycles. The van der Waals surface area contributed by atoms with E-state index in [9.17, 15) is 4.79 Å². The minimum Gasteiger partial charge on any atom is -0.375 e. The van der Waals surface area contributed by atoms with Crippen molar-refractivity contribution < 1.29 is 4.79 Å². The van der Waals surface area contributed by atoms with Crippen molar-refractivity contribution in [1.29, 1.82) is 5.26 Å². The average molecular weight is 278 g/mol. The van der Waals surface area contributed by atoms with E-state index in [1.165, 1.54) is 22.7 Å². The molecule has 2 heterocycles. The summed E-state index contributed by atoms with van der Waals surface area (Å²) in [5.74, 6) is -0.347. The van der Waals surface area contributed by atoms with Crippen LogP contribution in [0.1, 0.15) is 26.5 Å². The van der Waals surface area contributed by atoms with Gasteiger partial charge in [-0.15, -0.1) is 22.7 Å². The maximum atomic E-state index is 11.9. The van der Waals surface area contributed by atoms with Crippen LogP contribution in [-0.4, -0.2) is 10.9 Å². The van der Waals surface area contributed by atoms with Gasteiger partial charge < -0.3 is 11.1 Å². The zero-order chi connectivity index (χ0) is 13.3. The van der Waals surface area contributed by atoms with Crippen LogP contribution in [0.25, 0.3) is 0 Å². The predicted octanol–water partition coefficient (Wildman–Crippen LogP) is 2.53. The first-order valence-corrected chi connectivity index (χ1v) is 6.75. The lowest BCUT2D eigenvalue weighted by atomic mass is 10.2. The van der Waals surface area contributed by atoms with Gasteiger partial charge in [-0.05, 0) is 19.4 Å². The molecular weight excluding hydrogens is 268 g/mol. The van der Waals surface area contributed by atoms with E-state index in [1.807, 2.05) is 13.8 Å². The summed E-state index contributed by atoms with van der Waals surface area (Å²) in [5, 5.41) is 14.3.